The normalized spacial score (nSPS) is 12.4. The summed E-state index contributed by atoms with van der Waals surface area (Å²) in [5, 5.41) is 1.97. The van der Waals surface area contributed by atoms with E-state index in [2.05, 4.69) is 53.2 Å². The van der Waals surface area contributed by atoms with Gasteiger partial charge in [-0.15, -0.1) is 12.4 Å². The Labute approximate surface area is 203 Å². The summed E-state index contributed by atoms with van der Waals surface area (Å²) in [6, 6.07) is 20.5. The van der Waals surface area contributed by atoms with Crippen LogP contribution < -0.4 is 4.90 Å². The number of rotatable bonds is 6. The minimum absolute atomic E-state index is 0. The van der Waals surface area contributed by atoms with Gasteiger partial charge in [0.15, 0.2) is 0 Å². The van der Waals surface area contributed by atoms with Crippen molar-refractivity contribution in [1.82, 2.24) is 4.90 Å². The number of benzene rings is 3. The second kappa shape index (κ2) is 10.5. The van der Waals surface area contributed by atoms with Gasteiger partial charge in [0.25, 0.3) is 0 Å². The number of para-hydroxylation sites is 1. The first-order valence-corrected chi connectivity index (χ1v) is 11.4. The summed E-state index contributed by atoms with van der Waals surface area (Å²) in [5.41, 5.74) is 3.60. The molecular formula is C23H22Cl4N2S. The Kier molecular flexibility index (Phi) is 8.25. The molecule has 1 aliphatic rings. The molecular weight excluding hydrogens is 478 g/mol. The van der Waals surface area contributed by atoms with E-state index in [0.717, 1.165) is 31.1 Å². The van der Waals surface area contributed by atoms with Crippen LogP contribution in [0.1, 0.15) is 12.0 Å². The quantitative estimate of drug-likeness (QED) is 0.337. The zero-order valence-corrected chi connectivity index (χ0v) is 20.3. The van der Waals surface area contributed by atoms with E-state index < -0.39 is 0 Å². The Morgan fingerprint density at radius 2 is 1.63 bits per heavy atom. The topological polar surface area (TPSA) is 6.48 Å². The minimum Gasteiger partial charge on any atom is -0.340 e. The monoisotopic (exact) mass is 498 g/mol. The zero-order chi connectivity index (χ0) is 20.4. The van der Waals surface area contributed by atoms with E-state index in [-0.39, 0.29) is 12.4 Å². The van der Waals surface area contributed by atoms with Crippen LogP contribution in [0.2, 0.25) is 15.1 Å². The molecule has 3 aromatic rings. The second-order valence-electron chi connectivity index (χ2n) is 7.17. The number of hydrogen-bond acceptors (Lipinski definition) is 3. The van der Waals surface area contributed by atoms with E-state index in [1.807, 2.05) is 24.3 Å². The Hall–Kier alpha value is -1.07. The van der Waals surface area contributed by atoms with Crippen molar-refractivity contribution in [2.75, 3.05) is 25.0 Å². The molecule has 0 spiro atoms. The van der Waals surface area contributed by atoms with Gasteiger partial charge in [-0.3, -0.25) is 0 Å². The van der Waals surface area contributed by atoms with E-state index in [1.165, 1.54) is 26.7 Å². The first kappa shape index (κ1) is 23.6. The van der Waals surface area contributed by atoms with Crippen molar-refractivity contribution in [3.8, 4) is 0 Å². The Bertz CT molecular complexity index is 1030. The molecule has 0 radical (unpaired) electrons. The maximum Gasteiger partial charge on any atom is 0.0595 e. The van der Waals surface area contributed by atoms with Crippen LogP contribution in [0.5, 0.6) is 0 Å². The van der Waals surface area contributed by atoms with Crippen LogP contribution in [0.4, 0.5) is 11.4 Å². The smallest absolute Gasteiger partial charge is 0.0595 e. The molecule has 0 fully saturated rings. The molecule has 0 saturated carbocycles. The maximum atomic E-state index is 6.30. The van der Waals surface area contributed by atoms with E-state index in [0.29, 0.717) is 10.0 Å². The molecule has 0 atom stereocenters. The van der Waals surface area contributed by atoms with Crippen LogP contribution in [-0.4, -0.2) is 25.0 Å². The van der Waals surface area contributed by atoms with Crippen LogP contribution >= 0.6 is 59.0 Å². The highest BCUT2D eigenvalue weighted by atomic mass is 35.5. The van der Waals surface area contributed by atoms with Crippen LogP contribution in [0.15, 0.2) is 70.5 Å². The first-order valence-electron chi connectivity index (χ1n) is 9.48. The number of nitrogens with zero attached hydrogens (tertiary/aromatic N) is 2. The largest absolute Gasteiger partial charge is 0.340 e. The van der Waals surface area contributed by atoms with E-state index in [4.69, 9.17) is 34.8 Å². The number of hydrogen-bond donors (Lipinski definition) is 0. The zero-order valence-electron chi connectivity index (χ0n) is 16.4. The van der Waals surface area contributed by atoms with Gasteiger partial charge in [0.2, 0.25) is 0 Å². The summed E-state index contributed by atoms with van der Waals surface area (Å²) in [6.07, 6.45) is 1.03. The molecule has 0 saturated heterocycles. The van der Waals surface area contributed by atoms with Gasteiger partial charge < -0.3 is 9.80 Å². The lowest BCUT2D eigenvalue weighted by Crippen LogP contribution is -2.26. The van der Waals surface area contributed by atoms with Gasteiger partial charge in [-0.1, -0.05) is 64.8 Å². The van der Waals surface area contributed by atoms with Crippen molar-refractivity contribution in [2.24, 2.45) is 0 Å². The van der Waals surface area contributed by atoms with Crippen molar-refractivity contribution in [3.05, 3.63) is 81.3 Å². The molecule has 158 valence electrons. The molecule has 0 amide bonds. The lowest BCUT2D eigenvalue weighted by molar-refractivity contribution is 0.324. The Morgan fingerprint density at radius 3 is 2.43 bits per heavy atom. The Morgan fingerprint density at radius 1 is 0.867 bits per heavy atom. The van der Waals surface area contributed by atoms with Crippen LogP contribution in [0.3, 0.4) is 0 Å². The minimum atomic E-state index is 0. The van der Waals surface area contributed by atoms with Gasteiger partial charge in [0, 0.05) is 27.9 Å². The summed E-state index contributed by atoms with van der Waals surface area (Å²) < 4.78 is 0. The predicted octanol–water partition coefficient (Wildman–Crippen LogP) is 8.19. The summed E-state index contributed by atoms with van der Waals surface area (Å²) >= 11 is 20.3. The van der Waals surface area contributed by atoms with E-state index >= 15 is 0 Å². The van der Waals surface area contributed by atoms with Gasteiger partial charge in [-0.05, 0) is 68.0 Å². The molecule has 0 bridgehead atoms. The molecule has 30 heavy (non-hydrogen) atoms. The highest BCUT2D eigenvalue weighted by Crippen LogP contribution is 2.48. The SMILES string of the molecule is CN(CCCN1c2ccccc2Sc2ccc(Cl)cc21)Cc1ccc(Cl)c(Cl)c1.Cl. The Balaban J connectivity index is 0.00000256. The molecule has 7 heteroatoms. The van der Waals surface area contributed by atoms with E-state index in [1.54, 1.807) is 11.8 Å². The third kappa shape index (κ3) is 5.40. The van der Waals surface area contributed by atoms with Gasteiger partial charge in [-0.2, -0.15) is 0 Å². The number of anilines is 2. The summed E-state index contributed by atoms with van der Waals surface area (Å²) in [4.78, 5) is 7.23. The predicted molar refractivity (Wildman–Crippen MR) is 134 cm³/mol. The molecule has 0 unspecified atom stereocenters. The average Bonchev–Trinajstić information content (AvgIpc) is 2.70. The highest BCUT2D eigenvalue weighted by molar-refractivity contribution is 7.99. The van der Waals surface area contributed by atoms with Crippen molar-refractivity contribution in [3.63, 3.8) is 0 Å². The molecule has 0 aromatic heterocycles. The van der Waals surface area contributed by atoms with Crippen molar-refractivity contribution >= 4 is 70.3 Å². The van der Waals surface area contributed by atoms with Gasteiger partial charge >= 0.3 is 0 Å². The first-order chi connectivity index (χ1) is 14.0. The fraction of sp³-hybridized carbons (Fsp3) is 0.217. The molecule has 3 aromatic carbocycles. The number of fused-ring (bicyclic) bond motifs is 2. The van der Waals surface area contributed by atoms with E-state index in [9.17, 15) is 0 Å². The number of halogens is 4. The molecule has 0 aliphatic carbocycles. The van der Waals surface area contributed by atoms with Gasteiger partial charge in [0.05, 0.1) is 21.4 Å². The van der Waals surface area contributed by atoms with Crippen molar-refractivity contribution < 1.29 is 0 Å². The summed E-state index contributed by atoms with van der Waals surface area (Å²) in [7, 11) is 2.13. The molecule has 0 N–H and O–H groups in total. The molecule has 2 nitrogen and oxygen atoms in total. The van der Waals surface area contributed by atoms with Gasteiger partial charge in [-0.25, -0.2) is 0 Å². The average molecular weight is 500 g/mol. The fourth-order valence-electron chi connectivity index (χ4n) is 3.57. The van der Waals surface area contributed by atoms with Crippen molar-refractivity contribution in [2.45, 2.75) is 22.8 Å². The second-order valence-corrected chi connectivity index (χ2v) is 9.51. The summed E-state index contributed by atoms with van der Waals surface area (Å²) in [6.45, 7) is 2.74. The molecule has 1 aliphatic heterocycles. The lowest BCUT2D eigenvalue weighted by Gasteiger charge is -2.33. The van der Waals surface area contributed by atoms with Crippen LogP contribution in [0, 0.1) is 0 Å². The lowest BCUT2D eigenvalue weighted by atomic mass is 10.2. The third-order valence-corrected chi connectivity index (χ3v) is 7.05. The van der Waals surface area contributed by atoms with Crippen LogP contribution in [0.25, 0.3) is 0 Å². The highest BCUT2D eigenvalue weighted by Gasteiger charge is 2.23. The van der Waals surface area contributed by atoms with Gasteiger partial charge in [0.1, 0.15) is 0 Å². The third-order valence-electron chi connectivity index (χ3n) is 4.95. The molecule has 4 rings (SSSR count). The molecule has 1 heterocycles. The maximum absolute atomic E-state index is 6.30. The van der Waals surface area contributed by atoms with Crippen LogP contribution in [-0.2, 0) is 6.54 Å². The summed E-state index contributed by atoms with van der Waals surface area (Å²) in [5.74, 6) is 0. The fourth-order valence-corrected chi connectivity index (χ4v) is 5.13. The van der Waals surface area contributed by atoms with Crippen molar-refractivity contribution in [1.29, 1.82) is 0 Å². The standard InChI is InChI=1S/C23H21Cl3N2S.ClH/c1-27(15-16-7-9-18(25)19(26)13-16)11-4-12-28-20-5-2-3-6-22(20)29-23-10-8-17(24)14-21(23)28;/h2-3,5-10,13-14H,4,11-12,15H2,1H3;1H.